The highest BCUT2D eigenvalue weighted by atomic mass is 19.1. The summed E-state index contributed by atoms with van der Waals surface area (Å²) in [4.78, 5) is 26.7. The van der Waals surface area contributed by atoms with Gasteiger partial charge in [-0.25, -0.2) is 4.39 Å². The Morgan fingerprint density at radius 1 is 1.38 bits per heavy atom. The molecular weight excluding hydrogens is 315 g/mol. The molecule has 1 atom stereocenters. The van der Waals surface area contributed by atoms with Crippen molar-refractivity contribution in [2.75, 3.05) is 13.1 Å². The number of aromatic nitrogens is 4. The fourth-order valence-electron chi connectivity index (χ4n) is 2.51. The van der Waals surface area contributed by atoms with Gasteiger partial charge in [-0.05, 0) is 36.4 Å². The van der Waals surface area contributed by atoms with Gasteiger partial charge in [0.25, 0.3) is 0 Å². The SMILES string of the molecule is CC1CNC(=O)CCN1C(=O)Cn1nnc(-c2ccc(F)cc2)n1. The van der Waals surface area contributed by atoms with E-state index >= 15 is 0 Å². The molecule has 1 aliphatic rings. The van der Waals surface area contributed by atoms with Gasteiger partial charge in [0, 0.05) is 31.1 Å². The summed E-state index contributed by atoms with van der Waals surface area (Å²) in [7, 11) is 0. The summed E-state index contributed by atoms with van der Waals surface area (Å²) in [5.74, 6) is -0.264. The zero-order chi connectivity index (χ0) is 17.1. The molecule has 2 heterocycles. The molecule has 1 aromatic heterocycles. The lowest BCUT2D eigenvalue weighted by atomic mass is 10.2. The molecule has 0 aliphatic carbocycles. The Balaban J connectivity index is 1.68. The van der Waals surface area contributed by atoms with Crippen LogP contribution in [0.4, 0.5) is 4.39 Å². The molecule has 8 nitrogen and oxygen atoms in total. The van der Waals surface area contributed by atoms with Crippen LogP contribution in [0.15, 0.2) is 24.3 Å². The lowest BCUT2D eigenvalue weighted by Gasteiger charge is -2.26. The van der Waals surface area contributed by atoms with Gasteiger partial charge in [-0.15, -0.1) is 10.2 Å². The van der Waals surface area contributed by atoms with Crippen molar-refractivity contribution in [2.45, 2.75) is 25.9 Å². The van der Waals surface area contributed by atoms with Crippen molar-refractivity contribution in [1.82, 2.24) is 30.4 Å². The molecule has 0 spiro atoms. The third-order valence-electron chi connectivity index (χ3n) is 3.86. The average molecular weight is 332 g/mol. The van der Waals surface area contributed by atoms with E-state index in [0.717, 1.165) is 0 Å². The van der Waals surface area contributed by atoms with Crippen LogP contribution < -0.4 is 5.32 Å². The third-order valence-corrected chi connectivity index (χ3v) is 3.86. The molecule has 9 heteroatoms. The fourth-order valence-corrected chi connectivity index (χ4v) is 2.51. The predicted molar refractivity (Wildman–Crippen MR) is 82.0 cm³/mol. The summed E-state index contributed by atoms with van der Waals surface area (Å²) >= 11 is 0. The summed E-state index contributed by atoms with van der Waals surface area (Å²) in [5.41, 5.74) is 0.619. The van der Waals surface area contributed by atoms with Gasteiger partial charge < -0.3 is 10.2 Å². The maximum absolute atomic E-state index is 12.9. The van der Waals surface area contributed by atoms with Crippen LogP contribution in [0.25, 0.3) is 11.4 Å². The van der Waals surface area contributed by atoms with Crippen LogP contribution in [0.1, 0.15) is 13.3 Å². The summed E-state index contributed by atoms with van der Waals surface area (Å²) in [5, 5.41) is 14.7. The van der Waals surface area contributed by atoms with E-state index < -0.39 is 0 Å². The largest absolute Gasteiger partial charge is 0.354 e. The maximum Gasteiger partial charge on any atom is 0.246 e. The third kappa shape index (κ3) is 3.55. The number of halogens is 1. The Labute approximate surface area is 137 Å². The number of rotatable bonds is 3. The molecular formula is C15H17FN6O2. The fraction of sp³-hybridized carbons (Fsp3) is 0.400. The van der Waals surface area contributed by atoms with Crippen molar-refractivity contribution >= 4 is 11.8 Å². The quantitative estimate of drug-likeness (QED) is 0.868. The van der Waals surface area contributed by atoms with Crippen molar-refractivity contribution < 1.29 is 14.0 Å². The first kappa shape index (κ1) is 16.0. The number of carbonyl (C=O) groups is 2. The van der Waals surface area contributed by atoms with Gasteiger partial charge in [-0.3, -0.25) is 9.59 Å². The minimum absolute atomic E-state index is 0.0605. The first-order valence-corrected chi connectivity index (χ1v) is 7.63. The van der Waals surface area contributed by atoms with Crippen LogP contribution in [0.5, 0.6) is 0 Å². The number of hydrogen-bond acceptors (Lipinski definition) is 5. The second kappa shape index (κ2) is 6.73. The number of hydrogen-bond donors (Lipinski definition) is 1. The van der Waals surface area contributed by atoms with Crippen molar-refractivity contribution in [3.63, 3.8) is 0 Å². The normalized spacial score (nSPS) is 18.2. The molecule has 0 radical (unpaired) electrons. The van der Waals surface area contributed by atoms with Gasteiger partial charge >= 0.3 is 0 Å². The van der Waals surface area contributed by atoms with Gasteiger partial charge in [0.1, 0.15) is 12.4 Å². The van der Waals surface area contributed by atoms with E-state index in [1.807, 2.05) is 6.92 Å². The molecule has 0 bridgehead atoms. The molecule has 2 aromatic rings. The Morgan fingerprint density at radius 2 is 2.12 bits per heavy atom. The lowest BCUT2D eigenvalue weighted by Crippen LogP contribution is -2.43. The second-order valence-corrected chi connectivity index (χ2v) is 5.64. The highest BCUT2D eigenvalue weighted by Gasteiger charge is 2.25. The monoisotopic (exact) mass is 332 g/mol. The smallest absolute Gasteiger partial charge is 0.246 e. The van der Waals surface area contributed by atoms with Gasteiger partial charge in [0.15, 0.2) is 0 Å². The topological polar surface area (TPSA) is 93.0 Å². The van der Waals surface area contributed by atoms with Crippen LogP contribution in [-0.2, 0) is 16.1 Å². The van der Waals surface area contributed by atoms with Crippen LogP contribution in [-0.4, -0.2) is 56.1 Å². The zero-order valence-corrected chi connectivity index (χ0v) is 13.1. The Kier molecular flexibility index (Phi) is 4.50. The first-order valence-electron chi connectivity index (χ1n) is 7.63. The number of nitrogens with zero attached hydrogens (tertiary/aromatic N) is 5. The summed E-state index contributed by atoms with van der Waals surface area (Å²) < 4.78 is 12.9. The number of nitrogens with one attached hydrogen (secondary N) is 1. The molecule has 1 aromatic carbocycles. The maximum atomic E-state index is 12.9. The van der Waals surface area contributed by atoms with Crippen molar-refractivity contribution in [1.29, 1.82) is 0 Å². The summed E-state index contributed by atoms with van der Waals surface area (Å²) in [6, 6.07) is 5.62. The lowest BCUT2D eigenvalue weighted by molar-refractivity contribution is -0.134. The molecule has 1 aliphatic heterocycles. The van der Waals surface area contributed by atoms with Crippen molar-refractivity contribution in [2.24, 2.45) is 0 Å². The number of carbonyl (C=O) groups excluding carboxylic acids is 2. The molecule has 1 N–H and O–H groups in total. The summed E-state index contributed by atoms with van der Waals surface area (Å²) in [6.07, 6.45) is 0.279. The molecule has 126 valence electrons. The van der Waals surface area contributed by atoms with E-state index in [-0.39, 0.29) is 36.6 Å². The minimum atomic E-state index is -0.348. The standard InChI is InChI=1S/C15H17FN6O2/c1-10-8-17-13(23)6-7-21(10)14(24)9-22-19-15(18-20-22)11-2-4-12(16)5-3-11/h2-5,10H,6-9H2,1H3,(H,17,23). The van der Waals surface area contributed by atoms with Gasteiger partial charge in [-0.2, -0.15) is 4.80 Å². The van der Waals surface area contributed by atoms with Crippen molar-refractivity contribution in [3.05, 3.63) is 30.1 Å². The molecule has 3 rings (SSSR count). The second-order valence-electron chi connectivity index (χ2n) is 5.64. The van der Waals surface area contributed by atoms with Crippen LogP contribution in [0.2, 0.25) is 0 Å². The van der Waals surface area contributed by atoms with E-state index in [9.17, 15) is 14.0 Å². The van der Waals surface area contributed by atoms with E-state index in [4.69, 9.17) is 0 Å². The Morgan fingerprint density at radius 3 is 2.88 bits per heavy atom. The van der Waals surface area contributed by atoms with Crippen LogP contribution >= 0.6 is 0 Å². The summed E-state index contributed by atoms with van der Waals surface area (Å²) in [6.45, 7) is 2.61. The van der Waals surface area contributed by atoms with E-state index in [2.05, 4.69) is 20.7 Å². The van der Waals surface area contributed by atoms with Crippen LogP contribution in [0.3, 0.4) is 0 Å². The van der Waals surface area contributed by atoms with Crippen molar-refractivity contribution in [3.8, 4) is 11.4 Å². The predicted octanol–water partition coefficient (Wildman–Crippen LogP) is 0.216. The molecule has 1 fully saturated rings. The molecule has 2 amide bonds. The molecule has 1 saturated heterocycles. The van der Waals surface area contributed by atoms with E-state index in [1.165, 1.54) is 16.9 Å². The Hall–Kier alpha value is -2.84. The van der Waals surface area contributed by atoms with Gasteiger partial charge in [-0.1, -0.05) is 0 Å². The Bertz CT molecular complexity index is 745. The minimum Gasteiger partial charge on any atom is -0.354 e. The first-order chi connectivity index (χ1) is 11.5. The van der Waals surface area contributed by atoms with E-state index in [1.54, 1.807) is 17.0 Å². The number of tetrazole rings is 1. The van der Waals surface area contributed by atoms with E-state index in [0.29, 0.717) is 24.5 Å². The van der Waals surface area contributed by atoms with Gasteiger partial charge in [0.2, 0.25) is 17.6 Å². The molecule has 24 heavy (non-hydrogen) atoms. The molecule has 1 unspecified atom stereocenters. The highest BCUT2D eigenvalue weighted by Crippen LogP contribution is 2.14. The van der Waals surface area contributed by atoms with Crippen LogP contribution in [0, 0.1) is 5.82 Å². The number of benzene rings is 1. The molecule has 0 saturated carbocycles. The van der Waals surface area contributed by atoms with Gasteiger partial charge in [0.05, 0.1) is 0 Å². The highest BCUT2D eigenvalue weighted by molar-refractivity contribution is 5.80. The number of amides is 2. The zero-order valence-electron chi connectivity index (χ0n) is 13.1. The average Bonchev–Trinajstić information content (AvgIpc) is 2.94.